The summed E-state index contributed by atoms with van der Waals surface area (Å²) >= 11 is 0. The molecule has 0 amide bonds. The maximum absolute atomic E-state index is 11.6. The van der Waals surface area contributed by atoms with Crippen LogP contribution in [-0.2, 0) is 0 Å². The van der Waals surface area contributed by atoms with E-state index in [-0.39, 0.29) is 0 Å². The smallest absolute Gasteiger partial charge is 0.335 e. The summed E-state index contributed by atoms with van der Waals surface area (Å²) in [5.74, 6) is 0.355. The van der Waals surface area contributed by atoms with Crippen LogP contribution in [0.15, 0.2) is 36.4 Å². The van der Waals surface area contributed by atoms with Gasteiger partial charge in [0, 0.05) is 30.3 Å². The Morgan fingerprint density at radius 1 is 1.06 bits per heavy atom. The number of para-hydroxylation sites is 1. The molecular formula is C30H37NO2. The molecule has 1 atom stereocenters. The SMILES string of the molecule is CCC1CN2CCCC/C(=C(\c3ccc(C(=O)O)cc3C)C3CCCCC3)c3cccc1c32. The molecule has 2 aromatic carbocycles. The average molecular weight is 444 g/mol. The molecule has 2 heterocycles. The molecule has 1 unspecified atom stereocenters. The van der Waals surface area contributed by atoms with Crippen molar-refractivity contribution in [2.45, 2.75) is 77.6 Å². The standard InChI is InChI=1S/C30H37NO2/c1-3-21-19-31-17-8-7-12-26(27-14-9-13-25(21)29(27)31)28(22-10-5-4-6-11-22)24-16-15-23(30(32)33)18-20(24)2/h9,13-16,18,21-22H,3-8,10-12,17,19H2,1-2H3,(H,32,33)/b28-26+. The van der Waals surface area contributed by atoms with E-state index in [1.54, 1.807) is 0 Å². The summed E-state index contributed by atoms with van der Waals surface area (Å²) in [7, 11) is 0. The number of rotatable bonds is 4. The molecule has 1 saturated carbocycles. The first-order chi connectivity index (χ1) is 16.1. The largest absolute Gasteiger partial charge is 0.478 e. The first-order valence-electron chi connectivity index (χ1n) is 13.0. The Kier molecular flexibility index (Phi) is 6.32. The fourth-order valence-corrected chi connectivity index (χ4v) is 6.63. The van der Waals surface area contributed by atoms with E-state index < -0.39 is 5.97 Å². The van der Waals surface area contributed by atoms with Crippen LogP contribution in [0.25, 0.3) is 11.1 Å². The van der Waals surface area contributed by atoms with Crippen LogP contribution in [0.5, 0.6) is 0 Å². The maximum Gasteiger partial charge on any atom is 0.335 e. The van der Waals surface area contributed by atoms with E-state index in [0.717, 1.165) is 18.5 Å². The first kappa shape index (κ1) is 22.3. The number of carboxylic acid groups (broad SMARTS) is 1. The minimum Gasteiger partial charge on any atom is -0.478 e. The summed E-state index contributed by atoms with van der Waals surface area (Å²) < 4.78 is 0. The van der Waals surface area contributed by atoms with Gasteiger partial charge in [-0.2, -0.15) is 0 Å². The van der Waals surface area contributed by atoms with Crippen LogP contribution < -0.4 is 4.90 Å². The molecule has 3 heteroatoms. The van der Waals surface area contributed by atoms with Gasteiger partial charge >= 0.3 is 5.97 Å². The Bertz CT molecular complexity index is 1080. The number of anilines is 1. The van der Waals surface area contributed by atoms with Gasteiger partial charge in [0.15, 0.2) is 0 Å². The predicted molar refractivity (Wildman–Crippen MR) is 137 cm³/mol. The lowest BCUT2D eigenvalue weighted by Crippen LogP contribution is -2.25. The van der Waals surface area contributed by atoms with Crippen LogP contribution in [0.2, 0.25) is 0 Å². The van der Waals surface area contributed by atoms with Gasteiger partial charge in [0.2, 0.25) is 0 Å². The fourth-order valence-electron chi connectivity index (χ4n) is 6.63. The molecule has 0 saturated heterocycles. The van der Waals surface area contributed by atoms with E-state index in [2.05, 4.69) is 43.0 Å². The normalized spacial score (nSPS) is 22.5. The number of nitrogens with zero attached hydrogens (tertiary/aromatic N) is 1. The van der Waals surface area contributed by atoms with Gasteiger partial charge in [-0.25, -0.2) is 4.79 Å². The molecule has 3 aliphatic rings. The molecule has 33 heavy (non-hydrogen) atoms. The number of hydrogen-bond acceptors (Lipinski definition) is 2. The third kappa shape index (κ3) is 4.11. The number of aryl methyl sites for hydroxylation is 1. The highest BCUT2D eigenvalue weighted by molar-refractivity contribution is 5.98. The molecule has 0 bridgehead atoms. The van der Waals surface area contributed by atoms with Crippen molar-refractivity contribution < 1.29 is 9.90 Å². The summed E-state index contributed by atoms with van der Waals surface area (Å²) in [6, 6.07) is 12.8. The number of benzene rings is 2. The zero-order valence-corrected chi connectivity index (χ0v) is 20.2. The number of carbonyl (C=O) groups is 1. The Morgan fingerprint density at radius 3 is 2.61 bits per heavy atom. The zero-order valence-electron chi connectivity index (χ0n) is 20.2. The summed E-state index contributed by atoms with van der Waals surface area (Å²) in [4.78, 5) is 14.3. The highest BCUT2D eigenvalue weighted by Gasteiger charge is 2.33. The monoisotopic (exact) mass is 443 g/mol. The van der Waals surface area contributed by atoms with Crippen molar-refractivity contribution in [3.05, 3.63) is 64.2 Å². The number of carboxylic acids is 1. The molecular weight excluding hydrogens is 406 g/mol. The lowest BCUT2D eigenvalue weighted by molar-refractivity contribution is 0.0696. The Balaban J connectivity index is 1.74. The second kappa shape index (κ2) is 9.37. The number of aromatic carboxylic acids is 1. The van der Waals surface area contributed by atoms with Crippen LogP contribution in [0, 0.1) is 12.8 Å². The highest BCUT2D eigenvalue weighted by atomic mass is 16.4. The van der Waals surface area contributed by atoms with Crippen LogP contribution in [-0.4, -0.2) is 24.2 Å². The van der Waals surface area contributed by atoms with Crippen molar-refractivity contribution in [2.24, 2.45) is 5.92 Å². The van der Waals surface area contributed by atoms with Crippen molar-refractivity contribution in [1.29, 1.82) is 0 Å². The Hall–Kier alpha value is -2.55. The summed E-state index contributed by atoms with van der Waals surface area (Å²) in [6.07, 6.45) is 11.2. The van der Waals surface area contributed by atoms with Crippen molar-refractivity contribution in [2.75, 3.05) is 18.0 Å². The van der Waals surface area contributed by atoms with Gasteiger partial charge in [0.05, 0.1) is 5.56 Å². The quantitative estimate of drug-likeness (QED) is 0.527. The van der Waals surface area contributed by atoms with E-state index in [1.807, 2.05) is 12.1 Å². The van der Waals surface area contributed by atoms with Crippen molar-refractivity contribution in [3.8, 4) is 0 Å². The topological polar surface area (TPSA) is 40.5 Å². The summed E-state index contributed by atoms with van der Waals surface area (Å²) in [6.45, 7) is 6.74. The first-order valence-corrected chi connectivity index (χ1v) is 13.0. The van der Waals surface area contributed by atoms with E-state index in [1.165, 1.54) is 91.4 Å². The molecule has 1 fully saturated rings. The third-order valence-electron chi connectivity index (χ3n) is 8.29. The summed E-state index contributed by atoms with van der Waals surface area (Å²) in [5.41, 5.74) is 10.3. The third-order valence-corrected chi connectivity index (χ3v) is 8.29. The van der Waals surface area contributed by atoms with Crippen LogP contribution in [0.3, 0.4) is 0 Å². The van der Waals surface area contributed by atoms with Crippen LogP contribution >= 0.6 is 0 Å². The van der Waals surface area contributed by atoms with Gasteiger partial charge in [0.1, 0.15) is 0 Å². The summed E-state index contributed by atoms with van der Waals surface area (Å²) in [5, 5.41) is 9.53. The van der Waals surface area contributed by atoms with Gasteiger partial charge in [0.25, 0.3) is 0 Å². The number of allylic oxidation sites excluding steroid dienone is 2. The van der Waals surface area contributed by atoms with Crippen molar-refractivity contribution in [3.63, 3.8) is 0 Å². The lowest BCUT2D eigenvalue weighted by atomic mass is 9.75. The fraction of sp³-hybridized carbons (Fsp3) is 0.500. The number of hydrogen-bond donors (Lipinski definition) is 1. The van der Waals surface area contributed by atoms with Gasteiger partial charge in [-0.15, -0.1) is 0 Å². The maximum atomic E-state index is 11.6. The predicted octanol–water partition coefficient (Wildman–Crippen LogP) is 7.68. The average Bonchev–Trinajstić information content (AvgIpc) is 3.19. The van der Waals surface area contributed by atoms with E-state index in [9.17, 15) is 9.90 Å². The molecule has 2 aromatic rings. The second-order valence-corrected chi connectivity index (χ2v) is 10.3. The van der Waals surface area contributed by atoms with Crippen LogP contribution in [0.4, 0.5) is 5.69 Å². The molecule has 0 spiro atoms. The molecule has 0 radical (unpaired) electrons. The Labute approximate surface area is 198 Å². The van der Waals surface area contributed by atoms with E-state index in [4.69, 9.17) is 0 Å². The minimum absolute atomic E-state index is 0.388. The lowest BCUT2D eigenvalue weighted by Gasteiger charge is -2.32. The van der Waals surface area contributed by atoms with E-state index >= 15 is 0 Å². The molecule has 174 valence electrons. The molecule has 1 N–H and O–H groups in total. The second-order valence-electron chi connectivity index (χ2n) is 10.3. The molecule has 5 rings (SSSR count). The van der Waals surface area contributed by atoms with Gasteiger partial charge in [-0.05, 0) is 91.3 Å². The van der Waals surface area contributed by atoms with Gasteiger partial charge in [-0.1, -0.05) is 50.5 Å². The van der Waals surface area contributed by atoms with Crippen molar-refractivity contribution in [1.82, 2.24) is 0 Å². The van der Waals surface area contributed by atoms with Crippen LogP contribution in [0.1, 0.15) is 103 Å². The molecule has 3 nitrogen and oxygen atoms in total. The Morgan fingerprint density at radius 2 is 1.88 bits per heavy atom. The molecule has 2 aliphatic heterocycles. The zero-order chi connectivity index (χ0) is 22.9. The van der Waals surface area contributed by atoms with Gasteiger partial charge in [-0.3, -0.25) is 0 Å². The van der Waals surface area contributed by atoms with E-state index in [0.29, 0.717) is 17.4 Å². The van der Waals surface area contributed by atoms with Gasteiger partial charge < -0.3 is 10.0 Å². The molecule has 1 aliphatic carbocycles. The van der Waals surface area contributed by atoms with Crippen molar-refractivity contribution >= 4 is 22.8 Å². The highest BCUT2D eigenvalue weighted by Crippen LogP contribution is 2.49. The minimum atomic E-state index is -0.843. The molecule has 0 aromatic heterocycles.